The van der Waals surface area contributed by atoms with Gasteiger partial charge in [-0.2, -0.15) is 5.10 Å². The highest BCUT2D eigenvalue weighted by atomic mass is 35.5. The normalized spacial score (nSPS) is 10.5. The highest BCUT2D eigenvalue weighted by Gasteiger charge is 2.17. The van der Waals surface area contributed by atoms with Gasteiger partial charge in [0.2, 0.25) is 0 Å². The number of hydrogen-bond acceptors (Lipinski definition) is 5. The molecule has 3 rings (SSSR count). The largest absolute Gasteiger partial charge is 0.507 e. The van der Waals surface area contributed by atoms with Gasteiger partial charge in [0.15, 0.2) is 12.4 Å². The average molecular weight is 371 g/mol. The molecule has 3 aromatic rings. The number of rotatable bonds is 5. The zero-order chi connectivity index (χ0) is 18.7. The lowest BCUT2D eigenvalue weighted by Crippen LogP contribution is -2.19. The molecule has 7 heteroatoms. The smallest absolute Gasteiger partial charge is 0.284 e. The van der Waals surface area contributed by atoms with Crippen LogP contribution in [0.4, 0.5) is 0 Å². The first-order chi connectivity index (χ1) is 12.5. The Morgan fingerprint density at radius 3 is 2.77 bits per heavy atom. The van der Waals surface area contributed by atoms with Crippen molar-refractivity contribution < 1.29 is 19.4 Å². The number of aryl methyl sites for hydroxylation is 1. The molecule has 1 aromatic heterocycles. The van der Waals surface area contributed by atoms with E-state index in [0.717, 1.165) is 10.2 Å². The summed E-state index contributed by atoms with van der Waals surface area (Å²) in [5.41, 5.74) is 1.18. The Bertz CT molecular complexity index is 981. The molecule has 0 unspecified atom stereocenters. The van der Waals surface area contributed by atoms with Gasteiger partial charge >= 0.3 is 0 Å². The maximum Gasteiger partial charge on any atom is 0.284 e. The molecular formula is C19H15ClN2O4. The van der Waals surface area contributed by atoms with Gasteiger partial charge in [-0.05, 0) is 31.2 Å². The Hall–Kier alpha value is -3.12. The number of ether oxygens (including phenoxy) is 1. The van der Waals surface area contributed by atoms with Crippen LogP contribution in [0.5, 0.6) is 11.5 Å². The van der Waals surface area contributed by atoms with Crippen LogP contribution in [0, 0.1) is 6.92 Å². The lowest BCUT2D eigenvalue weighted by molar-refractivity contribution is 0.0821. The number of hydrogen-bond donors (Lipinski definition) is 1. The number of aromatic nitrogens is 2. The molecule has 0 radical (unpaired) electrons. The summed E-state index contributed by atoms with van der Waals surface area (Å²) in [6, 6.07) is 11.5. The number of halogens is 1. The first-order valence-corrected chi connectivity index (χ1v) is 8.13. The summed E-state index contributed by atoms with van der Waals surface area (Å²) in [7, 11) is 0. The number of nitrogens with zero attached hydrogens (tertiary/aromatic N) is 2. The molecule has 2 aromatic carbocycles. The van der Waals surface area contributed by atoms with Crippen molar-refractivity contribution >= 4 is 23.3 Å². The summed E-state index contributed by atoms with van der Waals surface area (Å²) in [6.45, 7) is 1.53. The van der Waals surface area contributed by atoms with Gasteiger partial charge in [-0.1, -0.05) is 35.4 Å². The molecule has 0 fully saturated rings. The van der Waals surface area contributed by atoms with Gasteiger partial charge in [-0.15, -0.1) is 0 Å². The zero-order valence-electron chi connectivity index (χ0n) is 13.8. The first kappa shape index (κ1) is 17.7. The maximum atomic E-state index is 12.5. The molecule has 0 atom stereocenters. The first-order valence-electron chi connectivity index (χ1n) is 7.75. The van der Waals surface area contributed by atoms with E-state index < -0.39 is 11.7 Å². The van der Waals surface area contributed by atoms with Gasteiger partial charge in [-0.25, -0.2) is 4.68 Å². The highest BCUT2D eigenvalue weighted by molar-refractivity contribution is 6.32. The van der Waals surface area contributed by atoms with Crippen molar-refractivity contribution in [3.05, 3.63) is 76.6 Å². The number of aromatic hydroxyl groups is 1. The number of carbonyl (C=O) groups excluding carboxylic acids is 2. The summed E-state index contributed by atoms with van der Waals surface area (Å²) in [6.07, 6.45) is 2.58. The fraction of sp³-hybridized carbons (Fsp3) is 0.105. The third-order valence-corrected chi connectivity index (χ3v) is 4.00. The molecule has 0 aliphatic rings. The van der Waals surface area contributed by atoms with Crippen LogP contribution >= 0.6 is 11.6 Å². The van der Waals surface area contributed by atoms with Crippen LogP contribution in [-0.4, -0.2) is 33.2 Å². The van der Waals surface area contributed by atoms with E-state index >= 15 is 0 Å². The zero-order valence-corrected chi connectivity index (χ0v) is 14.6. The van der Waals surface area contributed by atoms with Crippen LogP contribution in [0.3, 0.4) is 0 Å². The molecule has 6 nitrogen and oxygen atoms in total. The van der Waals surface area contributed by atoms with Crippen molar-refractivity contribution in [1.29, 1.82) is 0 Å². The van der Waals surface area contributed by atoms with Crippen LogP contribution in [0.1, 0.15) is 26.3 Å². The molecule has 0 aliphatic heterocycles. The van der Waals surface area contributed by atoms with Gasteiger partial charge in [0.1, 0.15) is 11.5 Å². The Kier molecular flexibility index (Phi) is 5.04. The molecule has 0 saturated carbocycles. The van der Waals surface area contributed by atoms with Crippen LogP contribution in [0.25, 0.3) is 0 Å². The van der Waals surface area contributed by atoms with Crippen LogP contribution < -0.4 is 4.74 Å². The van der Waals surface area contributed by atoms with Gasteiger partial charge in [0, 0.05) is 6.20 Å². The second-order valence-electron chi connectivity index (χ2n) is 5.64. The number of para-hydroxylation sites is 1. The van der Waals surface area contributed by atoms with Gasteiger partial charge < -0.3 is 9.84 Å². The third-order valence-electron chi connectivity index (χ3n) is 3.68. The average Bonchev–Trinajstić information content (AvgIpc) is 3.12. The molecular weight excluding hydrogens is 356 g/mol. The fourth-order valence-corrected chi connectivity index (χ4v) is 2.52. The summed E-state index contributed by atoms with van der Waals surface area (Å²) in [5, 5.41) is 14.2. The summed E-state index contributed by atoms with van der Waals surface area (Å²) in [4.78, 5) is 24.7. The quantitative estimate of drug-likeness (QED) is 0.695. The molecule has 0 amide bonds. The van der Waals surface area contributed by atoms with E-state index in [1.165, 1.54) is 18.5 Å². The van der Waals surface area contributed by atoms with Crippen molar-refractivity contribution in [2.75, 3.05) is 6.61 Å². The Labute approximate surface area is 154 Å². The van der Waals surface area contributed by atoms with E-state index in [9.17, 15) is 14.7 Å². The SMILES string of the molecule is Cc1ccc(O)c(C(=O)c2cnn(C(=O)COc3ccccc3Cl)c2)c1. The second-order valence-corrected chi connectivity index (χ2v) is 6.04. The van der Waals surface area contributed by atoms with Crippen LogP contribution in [0.15, 0.2) is 54.9 Å². The lowest BCUT2D eigenvalue weighted by atomic mass is 10.0. The lowest BCUT2D eigenvalue weighted by Gasteiger charge is -2.06. The Morgan fingerprint density at radius 2 is 2.00 bits per heavy atom. The van der Waals surface area contributed by atoms with E-state index in [-0.39, 0.29) is 23.5 Å². The Morgan fingerprint density at radius 1 is 1.23 bits per heavy atom. The standard InChI is InChI=1S/C19H15ClN2O4/c1-12-6-7-16(23)14(8-12)19(25)13-9-21-22(10-13)18(24)11-26-17-5-3-2-4-15(17)20/h2-10,23H,11H2,1H3. The van der Waals surface area contributed by atoms with Crippen molar-refractivity contribution in [3.8, 4) is 11.5 Å². The van der Waals surface area contributed by atoms with E-state index in [1.807, 2.05) is 6.92 Å². The minimum atomic E-state index is -0.461. The number of carbonyl (C=O) groups is 2. The summed E-state index contributed by atoms with van der Waals surface area (Å²) in [5.74, 6) is -0.618. The van der Waals surface area contributed by atoms with E-state index in [4.69, 9.17) is 16.3 Å². The molecule has 0 aliphatic carbocycles. The maximum absolute atomic E-state index is 12.5. The predicted octanol–water partition coefficient (Wildman–Crippen LogP) is 3.50. The number of phenols is 1. The topological polar surface area (TPSA) is 81.4 Å². The monoisotopic (exact) mass is 370 g/mol. The molecule has 26 heavy (non-hydrogen) atoms. The van der Waals surface area contributed by atoms with E-state index in [0.29, 0.717) is 10.8 Å². The van der Waals surface area contributed by atoms with Crippen LogP contribution in [0.2, 0.25) is 5.02 Å². The van der Waals surface area contributed by atoms with Gasteiger partial charge in [0.05, 0.1) is 22.3 Å². The predicted molar refractivity (Wildman–Crippen MR) is 96.1 cm³/mol. The number of benzene rings is 2. The van der Waals surface area contributed by atoms with Crippen molar-refractivity contribution in [2.24, 2.45) is 0 Å². The minimum absolute atomic E-state index is 0.123. The molecule has 0 saturated heterocycles. The third kappa shape index (κ3) is 3.75. The molecule has 1 N–H and O–H groups in total. The molecule has 0 spiro atoms. The van der Waals surface area contributed by atoms with E-state index in [1.54, 1.807) is 36.4 Å². The minimum Gasteiger partial charge on any atom is -0.507 e. The number of phenolic OH excluding ortho intramolecular Hbond substituents is 1. The van der Waals surface area contributed by atoms with Crippen molar-refractivity contribution in [3.63, 3.8) is 0 Å². The fourth-order valence-electron chi connectivity index (χ4n) is 2.33. The number of ketones is 1. The van der Waals surface area contributed by atoms with Gasteiger partial charge in [0.25, 0.3) is 5.91 Å². The molecule has 1 heterocycles. The Balaban J connectivity index is 1.73. The van der Waals surface area contributed by atoms with Gasteiger partial charge in [-0.3, -0.25) is 9.59 Å². The second kappa shape index (κ2) is 7.41. The molecule has 0 bridgehead atoms. The summed E-state index contributed by atoms with van der Waals surface area (Å²) < 4.78 is 6.40. The summed E-state index contributed by atoms with van der Waals surface area (Å²) >= 11 is 5.97. The highest BCUT2D eigenvalue weighted by Crippen LogP contribution is 2.23. The van der Waals surface area contributed by atoms with Crippen LogP contribution in [-0.2, 0) is 0 Å². The van der Waals surface area contributed by atoms with Crippen molar-refractivity contribution in [1.82, 2.24) is 9.78 Å². The van der Waals surface area contributed by atoms with Crippen molar-refractivity contribution in [2.45, 2.75) is 6.92 Å². The molecule has 132 valence electrons. The van der Waals surface area contributed by atoms with E-state index in [2.05, 4.69) is 5.10 Å².